The highest BCUT2D eigenvalue weighted by molar-refractivity contribution is 6.38. The van der Waals surface area contributed by atoms with Crippen LogP contribution in [0.25, 0.3) is 0 Å². The molecule has 0 atom stereocenters. The molecule has 17 heavy (non-hydrogen) atoms. The first-order valence-electron chi connectivity index (χ1n) is 5.98. The van der Waals surface area contributed by atoms with E-state index in [9.17, 15) is 4.79 Å². The van der Waals surface area contributed by atoms with Crippen LogP contribution in [0.5, 0.6) is 0 Å². The van der Waals surface area contributed by atoms with E-state index in [0.29, 0.717) is 18.1 Å². The van der Waals surface area contributed by atoms with Crippen LogP contribution in [0.15, 0.2) is 29.4 Å². The molecular weight excluding hydrogens is 212 g/mol. The Morgan fingerprint density at radius 3 is 2.29 bits per heavy atom. The van der Waals surface area contributed by atoms with Crippen molar-refractivity contribution in [3.05, 3.63) is 29.8 Å². The molecule has 1 aromatic rings. The molecule has 92 valence electrons. The summed E-state index contributed by atoms with van der Waals surface area (Å²) in [5.74, 6) is 0.537. The van der Waals surface area contributed by atoms with E-state index in [1.54, 1.807) is 0 Å². The summed E-state index contributed by atoms with van der Waals surface area (Å²) in [7, 11) is 0. The van der Waals surface area contributed by atoms with E-state index in [1.165, 1.54) is 12.5 Å². The summed E-state index contributed by atoms with van der Waals surface area (Å²) in [6.07, 6.45) is 0.645. The van der Waals surface area contributed by atoms with Crippen LogP contribution < -0.4 is 5.43 Å². The Kier molecular flexibility index (Phi) is 4.88. The number of hydrogen-bond acceptors (Lipinski definition) is 3. The van der Waals surface area contributed by atoms with Crippen molar-refractivity contribution in [3.8, 4) is 0 Å². The van der Waals surface area contributed by atoms with Gasteiger partial charge in [-0.1, -0.05) is 32.9 Å². The summed E-state index contributed by atoms with van der Waals surface area (Å²) < 4.78 is 0. The van der Waals surface area contributed by atoms with Crippen molar-refractivity contribution in [2.24, 2.45) is 5.10 Å². The Morgan fingerprint density at radius 1 is 1.29 bits per heavy atom. The molecular formula is C14H20N2O. The first-order valence-corrected chi connectivity index (χ1v) is 5.98. The zero-order chi connectivity index (χ0) is 12.8. The zero-order valence-electron chi connectivity index (χ0n) is 10.9. The lowest BCUT2D eigenvalue weighted by molar-refractivity contribution is -0.111. The zero-order valence-corrected chi connectivity index (χ0v) is 10.9. The number of Topliss-reactive ketones (excluding diaryl/α,β-unsaturated/α-hetero) is 1. The summed E-state index contributed by atoms with van der Waals surface area (Å²) in [5, 5.41) is 4.10. The first-order chi connectivity index (χ1) is 8.04. The van der Waals surface area contributed by atoms with Crippen LogP contribution in [0.2, 0.25) is 0 Å². The lowest BCUT2D eigenvalue weighted by Crippen LogP contribution is -2.10. The first kappa shape index (κ1) is 13.4. The van der Waals surface area contributed by atoms with Gasteiger partial charge in [0.15, 0.2) is 5.78 Å². The van der Waals surface area contributed by atoms with E-state index in [-0.39, 0.29) is 5.78 Å². The molecule has 1 N–H and O–H groups in total. The number of hydrazone groups is 1. The number of nitrogens with zero attached hydrogens (tertiary/aromatic N) is 1. The summed E-state index contributed by atoms with van der Waals surface area (Å²) in [5.41, 5.74) is 5.68. The molecule has 0 saturated heterocycles. The predicted molar refractivity (Wildman–Crippen MR) is 72.6 cm³/mol. The van der Waals surface area contributed by atoms with Crippen LogP contribution >= 0.6 is 0 Å². The fourth-order valence-electron chi connectivity index (χ4n) is 1.48. The largest absolute Gasteiger partial charge is 0.293 e. The second kappa shape index (κ2) is 6.18. The van der Waals surface area contributed by atoms with Gasteiger partial charge >= 0.3 is 0 Å². The van der Waals surface area contributed by atoms with E-state index < -0.39 is 0 Å². The van der Waals surface area contributed by atoms with Gasteiger partial charge in [0.05, 0.1) is 5.69 Å². The Hall–Kier alpha value is -1.64. The van der Waals surface area contributed by atoms with Crippen LogP contribution in [-0.2, 0) is 4.79 Å². The van der Waals surface area contributed by atoms with Crippen molar-refractivity contribution in [1.82, 2.24) is 0 Å². The number of benzene rings is 1. The fraction of sp³-hybridized carbons (Fsp3) is 0.429. The number of anilines is 1. The summed E-state index contributed by atoms with van der Waals surface area (Å²) in [6, 6.07) is 8.10. The number of nitrogens with one attached hydrogen (secondary N) is 1. The van der Waals surface area contributed by atoms with Gasteiger partial charge in [-0.05, 0) is 30.0 Å². The SMILES string of the molecule is CCC(=NNc1ccc(C(C)C)cc1)C(C)=O. The topological polar surface area (TPSA) is 41.5 Å². The molecule has 1 rings (SSSR count). The van der Waals surface area contributed by atoms with Gasteiger partial charge in [0.25, 0.3) is 0 Å². The van der Waals surface area contributed by atoms with Crippen LogP contribution in [0.3, 0.4) is 0 Å². The molecule has 3 nitrogen and oxygen atoms in total. The van der Waals surface area contributed by atoms with Gasteiger partial charge in [-0.15, -0.1) is 0 Å². The summed E-state index contributed by atoms with van der Waals surface area (Å²) in [4.78, 5) is 11.2. The molecule has 0 spiro atoms. The van der Waals surface area contributed by atoms with Gasteiger partial charge in [-0.25, -0.2) is 0 Å². The Morgan fingerprint density at radius 2 is 1.88 bits per heavy atom. The van der Waals surface area contributed by atoms with Crippen LogP contribution in [0, 0.1) is 0 Å². The van der Waals surface area contributed by atoms with Gasteiger partial charge in [-0.2, -0.15) is 5.10 Å². The van der Waals surface area contributed by atoms with Crippen LogP contribution in [0.1, 0.15) is 45.6 Å². The Bertz CT molecular complexity index is 405. The van der Waals surface area contributed by atoms with Crippen molar-refractivity contribution in [2.45, 2.75) is 40.0 Å². The molecule has 0 saturated carbocycles. The van der Waals surface area contributed by atoms with Crippen molar-refractivity contribution in [2.75, 3.05) is 5.43 Å². The van der Waals surface area contributed by atoms with Crippen molar-refractivity contribution in [3.63, 3.8) is 0 Å². The van der Waals surface area contributed by atoms with E-state index in [0.717, 1.165) is 5.69 Å². The molecule has 0 radical (unpaired) electrons. The normalized spacial score (nSPS) is 11.7. The molecule has 1 aromatic carbocycles. The van der Waals surface area contributed by atoms with Gasteiger partial charge < -0.3 is 0 Å². The maximum atomic E-state index is 11.2. The van der Waals surface area contributed by atoms with E-state index >= 15 is 0 Å². The van der Waals surface area contributed by atoms with E-state index in [4.69, 9.17) is 0 Å². The molecule has 0 aromatic heterocycles. The summed E-state index contributed by atoms with van der Waals surface area (Å²) >= 11 is 0. The number of ketones is 1. The Balaban J connectivity index is 2.72. The number of carbonyl (C=O) groups excluding carboxylic acids is 1. The third kappa shape index (κ3) is 4.02. The molecule has 0 amide bonds. The quantitative estimate of drug-likeness (QED) is 0.622. The third-order valence-corrected chi connectivity index (χ3v) is 2.64. The monoisotopic (exact) mass is 232 g/mol. The molecule has 3 heteroatoms. The average Bonchev–Trinajstić information content (AvgIpc) is 2.30. The molecule has 0 unspecified atom stereocenters. The lowest BCUT2D eigenvalue weighted by atomic mass is 10.0. The average molecular weight is 232 g/mol. The second-order valence-corrected chi connectivity index (χ2v) is 4.36. The van der Waals surface area contributed by atoms with Crippen LogP contribution in [-0.4, -0.2) is 11.5 Å². The second-order valence-electron chi connectivity index (χ2n) is 4.36. The van der Waals surface area contributed by atoms with Gasteiger partial charge in [0.2, 0.25) is 0 Å². The highest BCUT2D eigenvalue weighted by Crippen LogP contribution is 2.17. The molecule has 0 aliphatic rings. The fourth-order valence-corrected chi connectivity index (χ4v) is 1.48. The minimum atomic E-state index is 0.0128. The van der Waals surface area contributed by atoms with Crippen molar-refractivity contribution < 1.29 is 4.79 Å². The van der Waals surface area contributed by atoms with Gasteiger partial charge in [0, 0.05) is 6.92 Å². The Labute approximate surface area is 103 Å². The maximum Gasteiger partial charge on any atom is 0.175 e. The van der Waals surface area contributed by atoms with E-state index in [1.807, 2.05) is 19.1 Å². The van der Waals surface area contributed by atoms with Crippen molar-refractivity contribution in [1.29, 1.82) is 0 Å². The summed E-state index contributed by atoms with van der Waals surface area (Å²) in [6.45, 7) is 7.77. The highest BCUT2D eigenvalue weighted by Gasteiger charge is 2.02. The molecule has 0 bridgehead atoms. The lowest BCUT2D eigenvalue weighted by Gasteiger charge is -2.07. The molecule has 0 aliphatic heterocycles. The van der Waals surface area contributed by atoms with Crippen molar-refractivity contribution >= 4 is 17.2 Å². The number of carbonyl (C=O) groups is 1. The number of rotatable bonds is 5. The predicted octanol–water partition coefficient (Wildman–Crippen LogP) is 3.58. The molecule has 0 fully saturated rings. The smallest absolute Gasteiger partial charge is 0.175 e. The standard InChI is InChI=1S/C14H20N2O/c1-5-14(11(4)17)16-15-13-8-6-12(7-9-13)10(2)3/h6-10,15H,5H2,1-4H3. The third-order valence-electron chi connectivity index (χ3n) is 2.64. The highest BCUT2D eigenvalue weighted by atomic mass is 16.1. The maximum absolute atomic E-state index is 11.2. The van der Waals surface area contributed by atoms with Gasteiger partial charge in [0.1, 0.15) is 5.71 Å². The van der Waals surface area contributed by atoms with E-state index in [2.05, 4.69) is 36.5 Å². The minimum Gasteiger partial charge on any atom is -0.293 e. The minimum absolute atomic E-state index is 0.0128. The van der Waals surface area contributed by atoms with Gasteiger partial charge in [-0.3, -0.25) is 10.2 Å². The molecule has 0 aliphatic carbocycles. The number of hydrogen-bond donors (Lipinski definition) is 1. The van der Waals surface area contributed by atoms with Crippen LogP contribution in [0.4, 0.5) is 5.69 Å². The molecule has 0 heterocycles.